The summed E-state index contributed by atoms with van der Waals surface area (Å²) in [6.07, 6.45) is 0. The van der Waals surface area contributed by atoms with Crippen LogP contribution in [-0.4, -0.2) is 80.8 Å². The smallest absolute Gasteiger partial charge is 0.234 e. The number of rotatable bonds is 9. The molecular weight excluding hydrogens is 337 g/mol. The summed E-state index contributed by atoms with van der Waals surface area (Å²) < 4.78 is 24.0. The summed E-state index contributed by atoms with van der Waals surface area (Å²) in [5.41, 5.74) is -0.0987. The van der Waals surface area contributed by atoms with Gasteiger partial charge in [0.25, 0.3) is 0 Å². The minimum Gasteiger partial charge on any atom is -0.492 e. The summed E-state index contributed by atoms with van der Waals surface area (Å²) in [4.78, 5) is 16.4. The molecule has 6 nitrogen and oxygen atoms in total. The van der Waals surface area contributed by atoms with Crippen LogP contribution in [0.15, 0.2) is 24.3 Å². The minimum absolute atomic E-state index is 0.0143. The number of hydrogen-bond donors (Lipinski definition) is 1. The third-order valence-electron chi connectivity index (χ3n) is 4.54. The van der Waals surface area contributed by atoms with Gasteiger partial charge in [-0.1, -0.05) is 6.07 Å². The molecule has 1 amide bonds. The molecule has 1 N–H and O–H groups in total. The van der Waals surface area contributed by atoms with Gasteiger partial charge in [-0.2, -0.15) is 0 Å². The molecule has 0 aliphatic carbocycles. The standard InChI is InChI=1S/C19H30FN3O3/c1-19(2,23-8-10-25-11-9-23)15-21-18(24)14-22(3)7-12-26-17-6-4-5-16(20)13-17/h4-6,13H,7-12,14-15H2,1-3H3,(H,21,24). The minimum atomic E-state index is -0.321. The maximum absolute atomic E-state index is 13.1. The summed E-state index contributed by atoms with van der Waals surface area (Å²) >= 11 is 0. The molecule has 1 fully saturated rings. The third-order valence-corrected chi connectivity index (χ3v) is 4.54. The van der Waals surface area contributed by atoms with Gasteiger partial charge in [-0.25, -0.2) is 4.39 Å². The zero-order chi connectivity index (χ0) is 19.0. The molecule has 26 heavy (non-hydrogen) atoms. The zero-order valence-corrected chi connectivity index (χ0v) is 16.0. The van der Waals surface area contributed by atoms with Crippen LogP contribution in [0.5, 0.6) is 5.75 Å². The van der Waals surface area contributed by atoms with Crippen LogP contribution in [0.2, 0.25) is 0 Å². The van der Waals surface area contributed by atoms with E-state index in [4.69, 9.17) is 9.47 Å². The molecule has 0 bridgehead atoms. The van der Waals surface area contributed by atoms with Crippen molar-refractivity contribution in [1.29, 1.82) is 0 Å². The number of halogens is 1. The Morgan fingerprint density at radius 2 is 2.12 bits per heavy atom. The molecule has 0 atom stereocenters. The average Bonchev–Trinajstić information content (AvgIpc) is 2.61. The van der Waals surface area contributed by atoms with Crippen molar-refractivity contribution in [2.45, 2.75) is 19.4 Å². The van der Waals surface area contributed by atoms with Crippen molar-refractivity contribution >= 4 is 5.91 Å². The number of benzene rings is 1. The number of hydrogen-bond acceptors (Lipinski definition) is 5. The van der Waals surface area contributed by atoms with Crippen LogP contribution in [0.3, 0.4) is 0 Å². The first-order valence-electron chi connectivity index (χ1n) is 9.03. The molecule has 0 saturated carbocycles. The number of likely N-dealkylation sites (N-methyl/N-ethyl adjacent to an activating group) is 1. The summed E-state index contributed by atoms with van der Waals surface area (Å²) in [5, 5.41) is 3.01. The molecule has 1 aliphatic heterocycles. The number of ether oxygens (including phenoxy) is 2. The monoisotopic (exact) mass is 367 g/mol. The lowest BCUT2D eigenvalue weighted by Gasteiger charge is -2.40. The van der Waals surface area contributed by atoms with Crippen LogP contribution in [0.1, 0.15) is 13.8 Å². The molecule has 7 heteroatoms. The van der Waals surface area contributed by atoms with Crippen LogP contribution >= 0.6 is 0 Å². The van der Waals surface area contributed by atoms with E-state index in [1.807, 2.05) is 11.9 Å². The van der Waals surface area contributed by atoms with E-state index in [2.05, 4.69) is 24.1 Å². The first-order valence-corrected chi connectivity index (χ1v) is 9.03. The Bertz CT molecular complexity index is 577. The third kappa shape index (κ3) is 6.90. The topological polar surface area (TPSA) is 54.0 Å². The van der Waals surface area contributed by atoms with Crippen molar-refractivity contribution in [1.82, 2.24) is 15.1 Å². The van der Waals surface area contributed by atoms with Crippen LogP contribution < -0.4 is 10.1 Å². The van der Waals surface area contributed by atoms with Gasteiger partial charge in [0.2, 0.25) is 5.91 Å². The van der Waals surface area contributed by atoms with E-state index in [-0.39, 0.29) is 17.3 Å². The lowest BCUT2D eigenvalue weighted by molar-refractivity contribution is -0.122. The lowest BCUT2D eigenvalue weighted by atomic mass is 10.0. The van der Waals surface area contributed by atoms with Crippen molar-refractivity contribution in [2.75, 3.05) is 59.6 Å². The van der Waals surface area contributed by atoms with E-state index >= 15 is 0 Å². The van der Waals surface area contributed by atoms with Crippen molar-refractivity contribution in [3.63, 3.8) is 0 Å². The molecule has 1 aromatic carbocycles. The van der Waals surface area contributed by atoms with Crippen LogP contribution in [-0.2, 0) is 9.53 Å². The number of carbonyl (C=O) groups excluding carboxylic acids is 1. The summed E-state index contributed by atoms with van der Waals surface area (Å²) in [6, 6.07) is 6.05. The van der Waals surface area contributed by atoms with Gasteiger partial charge in [-0.05, 0) is 33.0 Å². The van der Waals surface area contributed by atoms with Crippen molar-refractivity contribution < 1.29 is 18.7 Å². The van der Waals surface area contributed by atoms with E-state index in [9.17, 15) is 9.18 Å². The van der Waals surface area contributed by atoms with Crippen molar-refractivity contribution in [3.8, 4) is 5.75 Å². The molecule has 0 aromatic heterocycles. The van der Waals surface area contributed by atoms with Gasteiger partial charge in [0.05, 0.1) is 19.8 Å². The number of nitrogens with zero attached hydrogens (tertiary/aromatic N) is 2. The van der Waals surface area contributed by atoms with Gasteiger partial charge >= 0.3 is 0 Å². The van der Waals surface area contributed by atoms with E-state index < -0.39 is 0 Å². The first kappa shape index (κ1) is 20.6. The quantitative estimate of drug-likeness (QED) is 0.714. The van der Waals surface area contributed by atoms with Crippen molar-refractivity contribution in [2.24, 2.45) is 0 Å². The van der Waals surface area contributed by atoms with Crippen LogP contribution in [0, 0.1) is 5.82 Å². The molecule has 1 aliphatic rings. The predicted octanol–water partition coefficient (Wildman–Crippen LogP) is 1.36. The normalized spacial score (nSPS) is 15.9. The molecule has 1 heterocycles. The SMILES string of the molecule is CN(CCOc1cccc(F)c1)CC(=O)NCC(C)(C)N1CCOCC1. The van der Waals surface area contributed by atoms with E-state index in [0.29, 0.717) is 32.0 Å². The zero-order valence-electron chi connectivity index (χ0n) is 16.0. The Balaban J connectivity index is 1.65. The second-order valence-electron chi connectivity index (χ2n) is 7.23. The molecule has 146 valence electrons. The van der Waals surface area contributed by atoms with Crippen LogP contribution in [0.25, 0.3) is 0 Å². The van der Waals surface area contributed by atoms with Gasteiger partial charge < -0.3 is 14.8 Å². The van der Waals surface area contributed by atoms with Gasteiger partial charge in [-0.3, -0.25) is 14.6 Å². The maximum Gasteiger partial charge on any atom is 0.234 e. The van der Waals surface area contributed by atoms with Gasteiger partial charge in [0, 0.05) is 37.8 Å². The summed E-state index contributed by atoms with van der Waals surface area (Å²) in [7, 11) is 1.86. The molecular formula is C19H30FN3O3. The molecule has 1 aromatic rings. The fourth-order valence-electron chi connectivity index (χ4n) is 2.85. The highest BCUT2D eigenvalue weighted by Crippen LogP contribution is 2.15. The van der Waals surface area contributed by atoms with Gasteiger partial charge in [0.1, 0.15) is 18.2 Å². The van der Waals surface area contributed by atoms with E-state index in [1.165, 1.54) is 12.1 Å². The predicted molar refractivity (Wildman–Crippen MR) is 98.9 cm³/mol. The van der Waals surface area contributed by atoms with E-state index in [1.54, 1.807) is 12.1 Å². The fourth-order valence-corrected chi connectivity index (χ4v) is 2.85. The number of nitrogens with one attached hydrogen (secondary N) is 1. The number of amides is 1. The number of morpholine rings is 1. The second kappa shape index (κ2) is 9.85. The van der Waals surface area contributed by atoms with Crippen molar-refractivity contribution in [3.05, 3.63) is 30.1 Å². The molecule has 0 unspecified atom stereocenters. The maximum atomic E-state index is 13.1. The van der Waals surface area contributed by atoms with Crippen LogP contribution in [0.4, 0.5) is 4.39 Å². The Morgan fingerprint density at radius 3 is 2.81 bits per heavy atom. The lowest BCUT2D eigenvalue weighted by Crippen LogP contribution is -2.56. The Labute approximate surface area is 155 Å². The van der Waals surface area contributed by atoms with Gasteiger partial charge in [-0.15, -0.1) is 0 Å². The molecule has 0 spiro atoms. The largest absolute Gasteiger partial charge is 0.492 e. The Kier molecular flexibility index (Phi) is 7.81. The summed E-state index contributed by atoms with van der Waals surface area (Å²) in [6.45, 7) is 9.40. The molecule has 0 radical (unpaired) electrons. The average molecular weight is 367 g/mol. The fraction of sp³-hybridized carbons (Fsp3) is 0.632. The Hall–Kier alpha value is -1.70. The van der Waals surface area contributed by atoms with E-state index in [0.717, 1.165) is 26.3 Å². The summed E-state index contributed by atoms with van der Waals surface area (Å²) in [5.74, 6) is 0.160. The molecule has 2 rings (SSSR count). The first-order chi connectivity index (χ1) is 12.4. The molecule has 1 saturated heterocycles. The highest BCUT2D eigenvalue weighted by Gasteiger charge is 2.28. The van der Waals surface area contributed by atoms with Gasteiger partial charge in [0.15, 0.2) is 0 Å². The highest BCUT2D eigenvalue weighted by atomic mass is 19.1. The Morgan fingerprint density at radius 1 is 1.38 bits per heavy atom. The highest BCUT2D eigenvalue weighted by molar-refractivity contribution is 5.78. The number of carbonyl (C=O) groups is 1. The second-order valence-corrected chi connectivity index (χ2v) is 7.23.